The molecule has 0 aliphatic heterocycles. The molecule has 1 aromatic heterocycles. The van der Waals surface area contributed by atoms with E-state index in [1.54, 1.807) is 6.20 Å². The third-order valence-electron chi connectivity index (χ3n) is 3.43. The Bertz CT molecular complexity index is 508. The summed E-state index contributed by atoms with van der Waals surface area (Å²) in [5, 5.41) is 10.3. The Balaban J connectivity index is 2.04. The van der Waals surface area contributed by atoms with Gasteiger partial charge in [-0.1, -0.05) is 24.3 Å². The first-order valence-electron chi connectivity index (χ1n) is 6.31. The van der Waals surface area contributed by atoms with Gasteiger partial charge in [0.05, 0.1) is 6.10 Å². The number of rotatable bonds is 4. The van der Waals surface area contributed by atoms with Crippen molar-refractivity contribution >= 4 is 0 Å². The second kappa shape index (κ2) is 5.78. The number of aliphatic hydroxyl groups is 1. The number of benzene rings is 1. The fourth-order valence-electron chi connectivity index (χ4n) is 2.14. The van der Waals surface area contributed by atoms with E-state index >= 15 is 0 Å². The van der Waals surface area contributed by atoms with E-state index in [-0.39, 0.29) is 0 Å². The van der Waals surface area contributed by atoms with E-state index in [0.29, 0.717) is 0 Å². The third-order valence-corrected chi connectivity index (χ3v) is 3.43. The third kappa shape index (κ3) is 2.96. The number of pyridine rings is 1. The first-order valence-corrected chi connectivity index (χ1v) is 6.31. The van der Waals surface area contributed by atoms with Gasteiger partial charge in [-0.3, -0.25) is 4.98 Å². The molecule has 1 aromatic carbocycles. The molecule has 0 radical (unpaired) electrons. The van der Waals surface area contributed by atoms with Crippen molar-refractivity contribution in [2.75, 3.05) is 0 Å². The maximum absolute atomic E-state index is 10.3. The van der Waals surface area contributed by atoms with E-state index in [1.165, 1.54) is 16.7 Å². The first kappa shape index (κ1) is 12.8. The van der Waals surface area contributed by atoms with Crippen molar-refractivity contribution in [2.45, 2.75) is 32.8 Å². The summed E-state index contributed by atoms with van der Waals surface area (Å²) in [7, 11) is 0. The van der Waals surface area contributed by atoms with Crippen molar-refractivity contribution < 1.29 is 5.11 Å². The van der Waals surface area contributed by atoms with Crippen LogP contribution in [0.25, 0.3) is 0 Å². The van der Waals surface area contributed by atoms with Crippen LogP contribution in [0.2, 0.25) is 0 Å². The number of aryl methyl sites for hydroxylation is 2. The number of aromatic nitrogens is 1. The van der Waals surface area contributed by atoms with Gasteiger partial charge in [-0.15, -0.1) is 0 Å². The minimum Gasteiger partial charge on any atom is -0.388 e. The van der Waals surface area contributed by atoms with E-state index < -0.39 is 6.10 Å². The van der Waals surface area contributed by atoms with Crippen LogP contribution in [0.1, 0.15) is 34.8 Å². The van der Waals surface area contributed by atoms with Gasteiger partial charge in [0.25, 0.3) is 0 Å². The molecule has 0 fully saturated rings. The Kier molecular flexibility index (Phi) is 4.11. The molecule has 1 heterocycles. The molecule has 2 heteroatoms. The molecule has 94 valence electrons. The quantitative estimate of drug-likeness (QED) is 0.890. The normalized spacial score (nSPS) is 12.4. The van der Waals surface area contributed by atoms with Crippen LogP contribution in [0.15, 0.2) is 42.7 Å². The lowest BCUT2D eigenvalue weighted by molar-refractivity contribution is 0.167. The summed E-state index contributed by atoms with van der Waals surface area (Å²) >= 11 is 0. The average Bonchev–Trinajstić information content (AvgIpc) is 2.40. The van der Waals surface area contributed by atoms with E-state index in [9.17, 15) is 5.11 Å². The lowest BCUT2D eigenvalue weighted by atomic mass is 9.95. The van der Waals surface area contributed by atoms with Crippen LogP contribution < -0.4 is 0 Å². The van der Waals surface area contributed by atoms with Crippen LogP contribution in [0.5, 0.6) is 0 Å². The lowest BCUT2D eigenvalue weighted by Gasteiger charge is -2.15. The fraction of sp³-hybridized carbons (Fsp3) is 0.312. The van der Waals surface area contributed by atoms with Crippen LogP contribution in [0.4, 0.5) is 0 Å². The van der Waals surface area contributed by atoms with Gasteiger partial charge >= 0.3 is 0 Å². The summed E-state index contributed by atoms with van der Waals surface area (Å²) in [5.41, 5.74) is 4.63. The molecule has 1 unspecified atom stereocenters. The zero-order chi connectivity index (χ0) is 13.0. The Hall–Kier alpha value is -1.67. The van der Waals surface area contributed by atoms with Crippen molar-refractivity contribution in [2.24, 2.45) is 0 Å². The Labute approximate surface area is 108 Å². The van der Waals surface area contributed by atoms with Crippen LogP contribution in [0.3, 0.4) is 0 Å². The van der Waals surface area contributed by atoms with Crippen molar-refractivity contribution in [3.05, 3.63) is 65.0 Å². The number of hydrogen-bond acceptors (Lipinski definition) is 2. The summed E-state index contributed by atoms with van der Waals surface area (Å²) in [4.78, 5) is 4.09. The Morgan fingerprint density at radius 2 is 2.00 bits per heavy atom. The standard InChI is InChI=1S/C16H19NO/c1-12-5-3-7-15(13(12)2)16(18)9-8-14-6-4-10-17-11-14/h3-7,10-11,16,18H,8-9H2,1-2H3. The highest BCUT2D eigenvalue weighted by atomic mass is 16.3. The van der Waals surface area contributed by atoms with Gasteiger partial charge in [0, 0.05) is 12.4 Å². The maximum Gasteiger partial charge on any atom is 0.0795 e. The van der Waals surface area contributed by atoms with Crippen LogP contribution >= 0.6 is 0 Å². The van der Waals surface area contributed by atoms with E-state index in [2.05, 4.69) is 24.9 Å². The predicted molar refractivity (Wildman–Crippen MR) is 73.4 cm³/mol. The van der Waals surface area contributed by atoms with Gasteiger partial charge < -0.3 is 5.11 Å². The zero-order valence-electron chi connectivity index (χ0n) is 10.9. The molecule has 2 rings (SSSR count). The molecule has 2 aromatic rings. The summed E-state index contributed by atoms with van der Waals surface area (Å²) in [6.07, 6.45) is 4.81. The van der Waals surface area contributed by atoms with Crippen LogP contribution in [-0.4, -0.2) is 10.1 Å². The molecule has 1 atom stereocenters. The molecule has 18 heavy (non-hydrogen) atoms. The summed E-state index contributed by atoms with van der Waals surface area (Å²) in [6.45, 7) is 4.14. The Morgan fingerprint density at radius 3 is 2.72 bits per heavy atom. The molecular weight excluding hydrogens is 222 g/mol. The van der Waals surface area contributed by atoms with Crippen molar-refractivity contribution in [1.82, 2.24) is 4.98 Å². The molecule has 0 spiro atoms. The Morgan fingerprint density at radius 1 is 1.17 bits per heavy atom. The number of nitrogens with zero attached hydrogens (tertiary/aromatic N) is 1. The van der Waals surface area contributed by atoms with Crippen molar-refractivity contribution in [3.8, 4) is 0 Å². The molecular formula is C16H19NO. The topological polar surface area (TPSA) is 33.1 Å². The van der Waals surface area contributed by atoms with E-state index in [4.69, 9.17) is 0 Å². The molecule has 0 amide bonds. The highest BCUT2D eigenvalue weighted by Gasteiger charge is 2.11. The molecule has 0 saturated heterocycles. The van der Waals surface area contributed by atoms with Crippen LogP contribution in [0, 0.1) is 13.8 Å². The van der Waals surface area contributed by atoms with E-state index in [1.807, 2.05) is 30.5 Å². The van der Waals surface area contributed by atoms with Crippen LogP contribution in [-0.2, 0) is 6.42 Å². The van der Waals surface area contributed by atoms with Gasteiger partial charge in [-0.25, -0.2) is 0 Å². The molecule has 0 aliphatic carbocycles. The molecule has 2 nitrogen and oxygen atoms in total. The second-order valence-corrected chi connectivity index (χ2v) is 4.70. The largest absolute Gasteiger partial charge is 0.388 e. The second-order valence-electron chi connectivity index (χ2n) is 4.70. The SMILES string of the molecule is Cc1cccc(C(O)CCc2cccnc2)c1C. The van der Waals surface area contributed by atoms with Gasteiger partial charge in [-0.05, 0) is 55.0 Å². The van der Waals surface area contributed by atoms with Gasteiger partial charge in [0.2, 0.25) is 0 Å². The molecule has 1 N–H and O–H groups in total. The summed E-state index contributed by atoms with van der Waals surface area (Å²) in [5.74, 6) is 0. The maximum atomic E-state index is 10.3. The van der Waals surface area contributed by atoms with Crippen molar-refractivity contribution in [1.29, 1.82) is 0 Å². The smallest absolute Gasteiger partial charge is 0.0795 e. The summed E-state index contributed by atoms with van der Waals surface area (Å²) in [6, 6.07) is 10.1. The number of hydrogen-bond donors (Lipinski definition) is 1. The van der Waals surface area contributed by atoms with Gasteiger partial charge in [-0.2, -0.15) is 0 Å². The highest BCUT2D eigenvalue weighted by molar-refractivity contribution is 5.34. The molecule has 0 bridgehead atoms. The molecule has 0 saturated carbocycles. The van der Waals surface area contributed by atoms with E-state index in [0.717, 1.165) is 18.4 Å². The predicted octanol–water partition coefficient (Wildman–Crippen LogP) is 3.36. The van der Waals surface area contributed by atoms with Crippen molar-refractivity contribution in [3.63, 3.8) is 0 Å². The average molecular weight is 241 g/mol. The first-order chi connectivity index (χ1) is 8.68. The minimum absolute atomic E-state index is 0.398. The fourth-order valence-corrected chi connectivity index (χ4v) is 2.14. The highest BCUT2D eigenvalue weighted by Crippen LogP contribution is 2.24. The van der Waals surface area contributed by atoms with Gasteiger partial charge in [0.15, 0.2) is 0 Å². The zero-order valence-corrected chi connectivity index (χ0v) is 10.9. The monoisotopic (exact) mass is 241 g/mol. The number of aliphatic hydroxyl groups excluding tert-OH is 1. The van der Waals surface area contributed by atoms with Gasteiger partial charge in [0.1, 0.15) is 0 Å². The lowest BCUT2D eigenvalue weighted by Crippen LogP contribution is -2.03. The minimum atomic E-state index is -0.398. The summed E-state index contributed by atoms with van der Waals surface area (Å²) < 4.78 is 0. The molecule has 0 aliphatic rings.